The average Bonchev–Trinajstić information content (AvgIpc) is 2.33. The molecule has 1 aliphatic heterocycles. The van der Waals surface area contributed by atoms with Crippen molar-refractivity contribution >= 4 is 11.9 Å². The third-order valence-electron chi connectivity index (χ3n) is 5.58. The van der Waals surface area contributed by atoms with Gasteiger partial charge in [-0.05, 0) is 19.3 Å². The van der Waals surface area contributed by atoms with Gasteiger partial charge >= 0.3 is 6.03 Å². The Hall–Kier alpha value is -1.13. The minimum Gasteiger partial charge on any atom is -0.317 e. The van der Waals surface area contributed by atoms with Crippen LogP contribution in [0.1, 0.15) is 41.5 Å². The van der Waals surface area contributed by atoms with Crippen molar-refractivity contribution in [3.8, 4) is 0 Å². The third-order valence-corrected chi connectivity index (χ3v) is 5.58. The van der Waals surface area contributed by atoms with Crippen molar-refractivity contribution in [2.75, 3.05) is 13.1 Å². The highest BCUT2D eigenvalue weighted by Crippen LogP contribution is 2.67. The number of alkyl halides is 1. The number of halogens is 1. The molecule has 0 aromatic rings. The molecule has 0 aromatic heterocycles. The maximum atomic E-state index is 15.5. The lowest BCUT2D eigenvalue weighted by molar-refractivity contribution is -0.256. The normalized spacial score (nSPS) is 36.1. The standard InChI is InChI=1S/C14H23FN2O2/c1-7-16-9-12(3,4)13(5,6)14(9,15)10(18)17(8-2)11(16)19/h9H,7-8H2,1-6H3. The Morgan fingerprint density at radius 1 is 1.11 bits per heavy atom. The van der Waals surface area contributed by atoms with Crippen molar-refractivity contribution in [1.82, 2.24) is 9.80 Å². The molecule has 3 amide bonds. The molecule has 2 unspecified atom stereocenters. The van der Waals surface area contributed by atoms with Crippen molar-refractivity contribution in [3.05, 3.63) is 0 Å². The van der Waals surface area contributed by atoms with Crippen LogP contribution in [0.3, 0.4) is 0 Å². The Kier molecular flexibility index (Phi) is 2.78. The van der Waals surface area contributed by atoms with Gasteiger partial charge in [0.05, 0.1) is 6.04 Å². The van der Waals surface area contributed by atoms with E-state index < -0.39 is 28.4 Å². The van der Waals surface area contributed by atoms with E-state index in [0.717, 1.165) is 4.90 Å². The molecule has 0 radical (unpaired) electrons. The van der Waals surface area contributed by atoms with Gasteiger partial charge in [-0.2, -0.15) is 0 Å². The molecule has 0 aromatic carbocycles. The first-order valence-corrected chi connectivity index (χ1v) is 6.90. The maximum absolute atomic E-state index is 15.5. The fourth-order valence-corrected chi connectivity index (χ4v) is 3.71. The number of amides is 3. The first-order chi connectivity index (χ1) is 8.58. The van der Waals surface area contributed by atoms with E-state index in [1.165, 1.54) is 4.90 Å². The Morgan fingerprint density at radius 3 is 2.05 bits per heavy atom. The van der Waals surface area contributed by atoms with Crippen LogP contribution in [-0.4, -0.2) is 46.5 Å². The van der Waals surface area contributed by atoms with Gasteiger partial charge in [-0.15, -0.1) is 0 Å². The van der Waals surface area contributed by atoms with Gasteiger partial charge in [0.15, 0.2) is 0 Å². The Morgan fingerprint density at radius 2 is 1.63 bits per heavy atom. The van der Waals surface area contributed by atoms with E-state index in [0.29, 0.717) is 6.54 Å². The molecule has 0 bridgehead atoms. The van der Waals surface area contributed by atoms with Crippen molar-refractivity contribution in [1.29, 1.82) is 0 Å². The molecule has 0 N–H and O–H groups in total. The Labute approximate surface area is 113 Å². The molecule has 0 spiro atoms. The molecule has 19 heavy (non-hydrogen) atoms. The lowest BCUT2D eigenvalue weighted by Gasteiger charge is -2.71. The SMILES string of the molecule is CCN1C(=O)N(CC)C2C(C)(C)C(C)(C)C2(F)C1=O. The second kappa shape index (κ2) is 3.70. The van der Waals surface area contributed by atoms with E-state index in [1.54, 1.807) is 20.8 Å². The minimum atomic E-state index is -1.98. The van der Waals surface area contributed by atoms with Crippen LogP contribution in [0, 0.1) is 10.8 Å². The van der Waals surface area contributed by atoms with Crippen molar-refractivity contribution in [2.45, 2.75) is 53.3 Å². The molecule has 2 aliphatic rings. The van der Waals surface area contributed by atoms with Crippen LogP contribution in [-0.2, 0) is 4.79 Å². The van der Waals surface area contributed by atoms with Crippen molar-refractivity contribution in [3.63, 3.8) is 0 Å². The summed E-state index contributed by atoms with van der Waals surface area (Å²) in [4.78, 5) is 27.3. The molecule has 1 aliphatic carbocycles. The van der Waals surface area contributed by atoms with E-state index in [-0.39, 0.29) is 12.6 Å². The number of urea groups is 1. The molecule has 2 rings (SSSR count). The number of carbonyl (C=O) groups is 2. The average molecular weight is 270 g/mol. The number of nitrogens with zero attached hydrogens (tertiary/aromatic N) is 2. The highest BCUT2D eigenvalue weighted by Gasteiger charge is 2.81. The van der Waals surface area contributed by atoms with Gasteiger partial charge in [0, 0.05) is 18.5 Å². The van der Waals surface area contributed by atoms with Crippen LogP contribution in [0.2, 0.25) is 0 Å². The molecule has 4 nitrogen and oxygen atoms in total. The molecule has 1 saturated heterocycles. The number of fused-ring (bicyclic) bond motifs is 1. The predicted octanol–water partition coefficient (Wildman–Crippen LogP) is 2.43. The summed E-state index contributed by atoms with van der Waals surface area (Å²) >= 11 is 0. The molecular weight excluding hydrogens is 247 g/mol. The van der Waals surface area contributed by atoms with E-state index in [9.17, 15) is 9.59 Å². The lowest BCUT2D eigenvalue weighted by Crippen LogP contribution is -2.87. The summed E-state index contributed by atoms with van der Waals surface area (Å²) in [5.41, 5.74) is -3.19. The monoisotopic (exact) mass is 270 g/mol. The number of hydrogen-bond donors (Lipinski definition) is 0. The zero-order valence-electron chi connectivity index (χ0n) is 12.6. The fraction of sp³-hybridized carbons (Fsp3) is 0.857. The van der Waals surface area contributed by atoms with Gasteiger partial charge in [0.25, 0.3) is 5.91 Å². The summed E-state index contributed by atoms with van der Waals surface area (Å²) in [5.74, 6) is -0.668. The topological polar surface area (TPSA) is 40.6 Å². The van der Waals surface area contributed by atoms with Crippen LogP contribution >= 0.6 is 0 Å². The van der Waals surface area contributed by atoms with Crippen LogP contribution in [0.25, 0.3) is 0 Å². The summed E-state index contributed by atoms with van der Waals surface area (Å²) in [6.45, 7) is 11.6. The number of hydrogen-bond acceptors (Lipinski definition) is 2. The summed E-state index contributed by atoms with van der Waals surface area (Å²) < 4.78 is 15.5. The second-order valence-electron chi connectivity index (χ2n) is 6.58. The summed E-state index contributed by atoms with van der Waals surface area (Å²) in [7, 11) is 0. The molecular formula is C14H23FN2O2. The van der Waals surface area contributed by atoms with Gasteiger partial charge in [0.1, 0.15) is 0 Å². The minimum absolute atomic E-state index is 0.211. The van der Waals surface area contributed by atoms with Gasteiger partial charge in [-0.1, -0.05) is 27.7 Å². The molecule has 2 atom stereocenters. The van der Waals surface area contributed by atoms with Crippen LogP contribution in [0.15, 0.2) is 0 Å². The van der Waals surface area contributed by atoms with Crippen molar-refractivity contribution in [2.24, 2.45) is 10.8 Å². The van der Waals surface area contributed by atoms with Crippen molar-refractivity contribution < 1.29 is 14.0 Å². The number of rotatable bonds is 2. The molecule has 5 heteroatoms. The molecule has 1 saturated carbocycles. The molecule has 108 valence electrons. The first kappa shape index (κ1) is 14.3. The van der Waals surface area contributed by atoms with Crippen LogP contribution < -0.4 is 0 Å². The summed E-state index contributed by atoms with van der Waals surface area (Å²) in [6, 6.07) is -1.03. The van der Waals surface area contributed by atoms with E-state index in [1.807, 2.05) is 20.8 Å². The quantitative estimate of drug-likeness (QED) is 0.773. The summed E-state index contributed by atoms with van der Waals surface area (Å²) in [6.07, 6.45) is 0. The third kappa shape index (κ3) is 1.24. The Bertz CT molecular complexity index is 447. The van der Waals surface area contributed by atoms with E-state index in [2.05, 4.69) is 0 Å². The summed E-state index contributed by atoms with van der Waals surface area (Å²) in [5, 5.41) is 0. The maximum Gasteiger partial charge on any atom is 0.327 e. The highest BCUT2D eigenvalue weighted by atomic mass is 19.1. The van der Waals surface area contributed by atoms with Gasteiger partial charge < -0.3 is 4.90 Å². The van der Waals surface area contributed by atoms with Gasteiger partial charge in [-0.25, -0.2) is 9.18 Å². The highest BCUT2D eigenvalue weighted by molar-refractivity contribution is 6.04. The van der Waals surface area contributed by atoms with E-state index in [4.69, 9.17) is 0 Å². The van der Waals surface area contributed by atoms with E-state index >= 15 is 4.39 Å². The van der Waals surface area contributed by atoms with Gasteiger partial charge in [-0.3, -0.25) is 9.69 Å². The fourth-order valence-electron chi connectivity index (χ4n) is 3.71. The number of imide groups is 1. The predicted molar refractivity (Wildman–Crippen MR) is 70.4 cm³/mol. The number of carbonyl (C=O) groups excluding carboxylic acids is 2. The van der Waals surface area contributed by atoms with Gasteiger partial charge in [0.2, 0.25) is 5.67 Å². The second-order valence-corrected chi connectivity index (χ2v) is 6.58. The zero-order valence-corrected chi connectivity index (χ0v) is 12.6. The largest absolute Gasteiger partial charge is 0.327 e. The first-order valence-electron chi connectivity index (χ1n) is 6.90. The molecule has 1 heterocycles. The smallest absolute Gasteiger partial charge is 0.317 e. The van der Waals surface area contributed by atoms with Crippen LogP contribution in [0.4, 0.5) is 9.18 Å². The van der Waals surface area contributed by atoms with Crippen LogP contribution in [0.5, 0.6) is 0 Å². The molecule has 2 fully saturated rings. The Balaban J connectivity index is 2.57. The zero-order chi connectivity index (χ0) is 14.8. The lowest BCUT2D eigenvalue weighted by atomic mass is 9.40.